The van der Waals surface area contributed by atoms with E-state index in [-0.39, 0.29) is 5.91 Å². The number of nitrogens with zero attached hydrogens (tertiary/aromatic N) is 1. The second kappa shape index (κ2) is 5.64. The maximum Gasteiger partial charge on any atom is 0.257 e. The van der Waals surface area contributed by atoms with Crippen LogP contribution in [0.25, 0.3) is 0 Å². The maximum atomic E-state index is 12.0. The van der Waals surface area contributed by atoms with Gasteiger partial charge in [-0.2, -0.15) is 0 Å². The van der Waals surface area contributed by atoms with E-state index in [1.165, 1.54) is 11.3 Å². The monoisotopic (exact) mass is 261 g/mol. The number of hydrogen-bond acceptors (Lipinski definition) is 4. The molecule has 1 aromatic heterocycles. The molecule has 0 radical (unpaired) electrons. The molecule has 1 amide bonds. The van der Waals surface area contributed by atoms with Crippen molar-refractivity contribution in [3.63, 3.8) is 0 Å². The van der Waals surface area contributed by atoms with Gasteiger partial charge in [0.1, 0.15) is 5.00 Å². The van der Waals surface area contributed by atoms with E-state index in [4.69, 9.17) is 0 Å². The molecule has 0 saturated heterocycles. The maximum absolute atomic E-state index is 12.0. The number of aromatic nitrogens is 1. The van der Waals surface area contributed by atoms with E-state index in [0.29, 0.717) is 10.7 Å². The van der Waals surface area contributed by atoms with Crippen molar-refractivity contribution >= 4 is 27.4 Å². The van der Waals surface area contributed by atoms with Gasteiger partial charge in [-0.3, -0.25) is 10.1 Å². The third kappa shape index (κ3) is 3.07. The molecular weight excluding hydrogens is 246 g/mol. The van der Waals surface area contributed by atoms with Gasteiger partial charge in [0, 0.05) is 12.1 Å². The first-order valence-corrected chi connectivity index (χ1v) is 6.58. The summed E-state index contributed by atoms with van der Waals surface area (Å²) in [6, 6.07) is 7.48. The molecule has 0 unspecified atom stereocenters. The summed E-state index contributed by atoms with van der Waals surface area (Å²) in [6.07, 6.45) is 1.72. The van der Waals surface area contributed by atoms with Gasteiger partial charge in [0.25, 0.3) is 5.91 Å². The number of hydrogen-bond donors (Lipinski definition) is 2. The number of thiazole rings is 1. The van der Waals surface area contributed by atoms with Crippen LogP contribution >= 0.6 is 11.3 Å². The van der Waals surface area contributed by atoms with Gasteiger partial charge in [0.2, 0.25) is 0 Å². The topological polar surface area (TPSA) is 54.0 Å². The summed E-state index contributed by atoms with van der Waals surface area (Å²) >= 11 is 1.43. The lowest BCUT2D eigenvalue weighted by Gasteiger charge is -2.02. The number of amides is 1. The van der Waals surface area contributed by atoms with Gasteiger partial charge in [-0.25, -0.2) is 4.98 Å². The van der Waals surface area contributed by atoms with Crippen LogP contribution < -0.4 is 10.6 Å². The zero-order chi connectivity index (χ0) is 13.0. The predicted molar refractivity (Wildman–Crippen MR) is 75.4 cm³/mol. The molecule has 5 heteroatoms. The van der Waals surface area contributed by atoms with Crippen LogP contribution in [0.15, 0.2) is 30.5 Å². The lowest BCUT2D eigenvalue weighted by molar-refractivity contribution is 0.102. The predicted octanol–water partition coefficient (Wildman–Crippen LogP) is 3.14. The lowest BCUT2D eigenvalue weighted by atomic mass is 10.1. The molecular formula is C13H15N3OS. The van der Waals surface area contributed by atoms with Crippen molar-refractivity contribution in [2.24, 2.45) is 0 Å². The fraction of sp³-hybridized carbons (Fsp3) is 0.231. The highest BCUT2D eigenvalue weighted by Crippen LogP contribution is 2.23. The molecule has 2 rings (SSSR count). The van der Waals surface area contributed by atoms with Crippen LogP contribution in [0, 0.1) is 6.92 Å². The third-order valence-electron chi connectivity index (χ3n) is 2.36. The quantitative estimate of drug-likeness (QED) is 0.889. The van der Waals surface area contributed by atoms with E-state index in [9.17, 15) is 4.79 Å². The Kier molecular flexibility index (Phi) is 3.94. The minimum Gasteiger partial charge on any atom is -0.376 e. The smallest absolute Gasteiger partial charge is 0.257 e. The average molecular weight is 261 g/mol. The summed E-state index contributed by atoms with van der Waals surface area (Å²) in [4.78, 5) is 16.1. The van der Waals surface area contributed by atoms with Gasteiger partial charge in [0.05, 0.1) is 6.20 Å². The van der Waals surface area contributed by atoms with Crippen molar-refractivity contribution in [1.29, 1.82) is 0 Å². The molecule has 94 valence electrons. The SMILES string of the molecule is CCNc1cnc(NC(=O)c2cccc(C)c2)s1. The lowest BCUT2D eigenvalue weighted by Crippen LogP contribution is -2.11. The largest absolute Gasteiger partial charge is 0.376 e. The summed E-state index contributed by atoms with van der Waals surface area (Å²) in [5, 5.41) is 7.51. The Morgan fingerprint density at radius 3 is 3.00 bits per heavy atom. The molecule has 0 aliphatic carbocycles. The van der Waals surface area contributed by atoms with Gasteiger partial charge < -0.3 is 5.32 Å². The molecule has 2 aromatic rings. The van der Waals surface area contributed by atoms with Crippen LogP contribution in [0.2, 0.25) is 0 Å². The molecule has 0 fully saturated rings. The van der Waals surface area contributed by atoms with Crippen molar-refractivity contribution in [2.75, 3.05) is 17.2 Å². The summed E-state index contributed by atoms with van der Waals surface area (Å²) in [7, 11) is 0. The van der Waals surface area contributed by atoms with Crippen LogP contribution in [0.3, 0.4) is 0 Å². The molecule has 1 aromatic carbocycles. The van der Waals surface area contributed by atoms with Crippen molar-refractivity contribution in [3.05, 3.63) is 41.6 Å². The van der Waals surface area contributed by atoms with Crippen molar-refractivity contribution < 1.29 is 4.79 Å². The number of benzene rings is 1. The zero-order valence-electron chi connectivity index (χ0n) is 10.4. The second-order valence-electron chi connectivity index (χ2n) is 3.88. The number of nitrogens with one attached hydrogen (secondary N) is 2. The van der Waals surface area contributed by atoms with Crippen LogP contribution in [-0.4, -0.2) is 17.4 Å². The van der Waals surface area contributed by atoms with Crippen LogP contribution in [0.5, 0.6) is 0 Å². The molecule has 0 atom stereocenters. The zero-order valence-corrected chi connectivity index (χ0v) is 11.2. The number of carbonyl (C=O) groups excluding carboxylic acids is 1. The second-order valence-corrected chi connectivity index (χ2v) is 4.91. The standard InChI is InChI=1S/C13H15N3OS/c1-3-14-11-8-15-13(18-11)16-12(17)10-6-4-5-9(2)7-10/h4-8,14H,3H2,1-2H3,(H,15,16,17). The molecule has 2 N–H and O–H groups in total. The van der Waals surface area contributed by atoms with Gasteiger partial charge in [-0.15, -0.1) is 0 Å². The highest BCUT2D eigenvalue weighted by Gasteiger charge is 2.08. The Morgan fingerprint density at radius 1 is 1.44 bits per heavy atom. The first kappa shape index (κ1) is 12.6. The van der Waals surface area contributed by atoms with E-state index < -0.39 is 0 Å². The number of rotatable bonds is 4. The number of aryl methyl sites for hydroxylation is 1. The van der Waals surface area contributed by atoms with Gasteiger partial charge in [-0.05, 0) is 26.0 Å². The molecule has 4 nitrogen and oxygen atoms in total. The highest BCUT2D eigenvalue weighted by atomic mass is 32.1. The first-order chi connectivity index (χ1) is 8.69. The molecule has 0 aliphatic heterocycles. The molecule has 0 spiro atoms. The summed E-state index contributed by atoms with van der Waals surface area (Å²) in [5.41, 5.74) is 1.71. The number of anilines is 2. The van der Waals surface area contributed by atoms with Gasteiger partial charge >= 0.3 is 0 Å². The summed E-state index contributed by atoms with van der Waals surface area (Å²) in [6.45, 7) is 4.82. The average Bonchev–Trinajstić information content (AvgIpc) is 2.77. The van der Waals surface area contributed by atoms with E-state index in [1.54, 1.807) is 12.3 Å². The highest BCUT2D eigenvalue weighted by molar-refractivity contribution is 7.19. The van der Waals surface area contributed by atoms with Crippen molar-refractivity contribution in [2.45, 2.75) is 13.8 Å². The van der Waals surface area contributed by atoms with Crippen LogP contribution in [0.4, 0.5) is 10.1 Å². The molecule has 1 heterocycles. The number of carbonyl (C=O) groups is 1. The molecule has 0 saturated carbocycles. The van der Waals surface area contributed by atoms with E-state index in [1.807, 2.05) is 32.0 Å². The summed E-state index contributed by atoms with van der Waals surface area (Å²) in [5.74, 6) is -0.129. The fourth-order valence-corrected chi connectivity index (χ4v) is 2.32. The van der Waals surface area contributed by atoms with Crippen molar-refractivity contribution in [3.8, 4) is 0 Å². The Balaban J connectivity index is 2.06. The van der Waals surface area contributed by atoms with E-state index in [0.717, 1.165) is 17.1 Å². The van der Waals surface area contributed by atoms with E-state index in [2.05, 4.69) is 15.6 Å². The normalized spacial score (nSPS) is 10.1. The summed E-state index contributed by atoms with van der Waals surface area (Å²) < 4.78 is 0. The van der Waals surface area contributed by atoms with Crippen molar-refractivity contribution in [1.82, 2.24) is 4.98 Å². The fourth-order valence-electron chi connectivity index (χ4n) is 1.54. The molecule has 0 aliphatic rings. The Bertz CT molecular complexity index is 551. The van der Waals surface area contributed by atoms with Crippen LogP contribution in [0.1, 0.15) is 22.8 Å². The van der Waals surface area contributed by atoms with E-state index >= 15 is 0 Å². The Morgan fingerprint density at radius 2 is 2.28 bits per heavy atom. The molecule has 18 heavy (non-hydrogen) atoms. The Hall–Kier alpha value is -1.88. The molecule has 0 bridgehead atoms. The minimum atomic E-state index is -0.129. The van der Waals surface area contributed by atoms with Crippen LogP contribution in [-0.2, 0) is 0 Å². The minimum absolute atomic E-state index is 0.129. The van der Waals surface area contributed by atoms with Gasteiger partial charge in [-0.1, -0.05) is 29.0 Å². The third-order valence-corrected chi connectivity index (χ3v) is 3.23. The first-order valence-electron chi connectivity index (χ1n) is 5.76. The van der Waals surface area contributed by atoms with Gasteiger partial charge in [0.15, 0.2) is 5.13 Å². The Labute approximate surface area is 110 Å².